The van der Waals surface area contributed by atoms with Crippen LogP contribution in [0.4, 0.5) is 0 Å². The molecule has 1 aromatic carbocycles. The quantitative estimate of drug-likeness (QED) is 0.892. The van der Waals surface area contributed by atoms with Crippen molar-refractivity contribution in [2.75, 3.05) is 0 Å². The maximum atomic E-state index is 11.9. The fourth-order valence-corrected chi connectivity index (χ4v) is 2.60. The lowest BCUT2D eigenvalue weighted by molar-refractivity contribution is -0.122. The molecule has 3 nitrogen and oxygen atoms in total. The number of nitrogens with one attached hydrogen (secondary N) is 1. The Morgan fingerprint density at radius 2 is 1.89 bits per heavy atom. The third-order valence-corrected chi connectivity index (χ3v) is 3.75. The van der Waals surface area contributed by atoms with Gasteiger partial charge in [-0.05, 0) is 24.3 Å². The van der Waals surface area contributed by atoms with Crippen LogP contribution in [0.5, 0.6) is 0 Å². The predicted molar refractivity (Wildman–Crippen MR) is 80.1 cm³/mol. The van der Waals surface area contributed by atoms with Gasteiger partial charge in [0.15, 0.2) is 0 Å². The Morgan fingerprint density at radius 1 is 1.21 bits per heavy atom. The zero-order chi connectivity index (χ0) is 12.8. The van der Waals surface area contributed by atoms with Crippen LogP contribution in [0.3, 0.4) is 0 Å². The van der Waals surface area contributed by atoms with Gasteiger partial charge in [0.05, 0.1) is 0 Å². The molecule has 0 aromatic heterocycles. The van der Waals surface area contributed by atoms with Crippen molar-refractivity contribution >= 4 is 18.3 Å². The van der Waals surface area contributed by atoms with Crippen LogP contribution in [0.1, 0.15) is 37.7 Å². The number of amides is 1. The maximum Gasteiger partial charge on any atom is 0.220 e. The summed E-state index contributed by atoms with van der Waals surface area (Å²) in [6.07, 6.45) is 5.16. The summed E-state index contributed by atoms with van der Waals surface area (Å²) in [5.74, 6) is 0.496. The monoisotopic (exact) mass is 282 g/mol. The first-order valence-corrected chi connectivity index (χ1v) is 6.82. The first-order chi connectivity index (χ1) is 8.75. The fraction of sp³-hybridized carbons (Fsp3) is 0.533. The number of hydrogen-bond donors (Lipinski definition) is 2. The van der Waals surface area contributed by atoms with E-state index in [1.54, 1.807) is 0 Å². The second-order valence-electron chi connectivity index (χ2n) is 5.17. The first kappa shape index (κ1) is 16.0. The number of benzene rings is 1. The third-order valence-electron chi connectivity index (χ3n) is 3.75. The molecule has 2 rings (SSSR count). The van der Waals surface area contributed by atoms with Crippen molar-refractivity contribution in [2.24, 2.45) is 11.7 Å². The van der Waals surface area contributed by atoms with Crippen LogP contribution >= 0.6 is 12.4 Å². The van der Waals surface area contributed by atoms with Crippen molar-refractivity contribution in [3.05, 3.63) is 35.9 Å². The van der Waals surface area contributed by atoms with Crippen LogP contribution in [-0.2, 0) is 11.3 Å². The minimum absolute atomic E-state index is 0. The minimum Gasteiger partial charge on any atom is -0.352 e. The summed E-state index contributed by atoms with van der Waals surface area (Å²) in [6, 6.07) is 10.2. The summed E-state index contributed by atoms with van der Waals surface area (Å²) < 4.78 is 0. The molecule has 3 N–H and O–H groups in total. The molecule has 0 aliphatic heterocycles. The molecule has 19 heavy (non-hydrogen) atoms. The van der Waals surface area contributed by atoms with E-state index in [2.05, 4.69) is 5.32 Å². The van der Waals surface area contributed by atoms with Crippen molar-refractivity contribution < 1.29 is 4.79 Å². The van der Waals surface area contributed by atoms with Crippen LogP contribution < -0.4 is 11.1 Å². The van der Waals surface area contributed by atoms with Gasteiger partial charge in [0, 0.05) is 19.0 Å². The maximum absolute atomic E-state index is 11.9. The van der Waals surface area contributed by atoms with Crippen molar-refractivity contribution in [3.63, 3.8) is 0 Å². The number of rotatable bonds is 4. The molecule has 0 saturated heterocycles. The number of halogens is 1. The smallest absolute Gasteiger partial charge is 0.220 e. The van der Waals surface area contributed by atoms with Crippen molar-refractivity contribution in [1.29, 1.82) is 0 Å². The van der Waals surface area contributed by atoms with E-state index in [0.29, 0.717) is 18.9 Å². The van der Waals surface area contributed by atoms with Crippen LogP contribution in [0, 0.1) is 5.92 Å². The first-order valence-electron chi connectivity index (χ1n) is 6.82. The van der Waals surface area contributed by atoms with Gasteiger partial charge in [-0.3, -0.25) is 4.79 Å². The Balaban J connectivity index is 0.00000180. The van der Waals surface area contributed by atoms with E-state index < -0.39 is 0 Å². The topological polar surface area (TPSA) is 55.1 Å². The van der Waals surface area contributed by atoms with Gasteiger partial charge in [-0.15, -0.1) is 12.4 Å². The Hall–Kier alpha value is -1.06. The zero-order valence-electron chi connectivity index (χ0n) is 11.2. The lowest BCUT2D eigenvalue weighted by Crippen LogP contribution is -2.36. The van der Waals surface area contributed by atoms with Gasteiger partial charge in [0.1, 0.15) is 0 Å². The van der Waals surface area contributed by atoms with Crippen LogP contribution in [-0.4, -0.2) is 11.9 Å². The van der Waals surface area contributed by atoms with E-state index in [9.17, 15) is 4.79 Å². The fourth-order valence-electron chi connectivity index (χ4n) is 2.60. The highest BCUT2D eigenvalue weighted by Gasteiger charge is 2.23. The molecule has 1 amide bonds. The predicted octanol–water partition coefficient (Wildman–Crippen LogP) is 2.63. The molecule has 1 aromatic rings. The summed E-state index contributed by atoms with van der Waals surface area (Å²) in [7, 11) is 0. The Morgan fingerprint density at radius 3 is 2.58 bits per heavy atom. The molecule has 1 fully saturated rings. The van der Waals surface area contributed by atoms with E-state index in [-0.39, 0.29) is 24.4 Å². The molecule has 4 heteroatoms. The Bertz CT molecular complexity index is 383. The molecular formula is C15H23ClN2O. The molecule has 1 saturated carbocycles. The molecule has 1 aliphatic rings. The largest absolute Gasteiger partial charge is 0.352 e. The lowest BCUT2D eigenvalue weighted by atomic mass is 9.83. The van der Waals surface area contributed by atoms with E-state index in [0.717, 1.165) is 18.4 Å². The summed E-state index contributed by atoms with van der Waals surface area (Å²) in [5.41, 5.74) is 7.19. The average Bonchev–Trinajstić information content (AvgIpc) is 2.40. The summed E-state index contributed by atoms with van der Waals surface area (Å²) in [6.45, 7) is 0.613. The van der Waals surface area contributed by atoms with Gasteiger partial charge in [-0.2, -0.15) is 0 Å². The minimum atomic E-state index is 0. The van der Waals surface area contributed by atoms with Crippen molar-refractivity contribution in [2.45, 2.75) is 44.7 Å². The van der Waals surface area contributed by atoms with Gasteiger partial charge in [-0.1, -0.05) is 43.2 Å². The summed E-state index contributed by atoms with van der Waals surface area (Å²) in [5, 5.41) is 2.97. The van der Waals surface area contributed by atoms with Gasteiger partial charge in [0.25, 0.3) is 0 Å². The van der Waals surface area contributed by atoms with Crippen LogP contribution in [0.2, 0.25) is 0 Å². The van der Waals surface area contributed by atoms with Gasteiger partial charge in [0.2, 0.25) is 5.91 Å². The second kappa shape index (κ2) is 8.18. The molecule has 2 unspecified atom stereocenters. The molecule has 0 heterocycles. The summed E-state index contributed by atoms with van der Waals surface area (Å²) >= 11 is 0. The van der Waals surface area contributed by atoms with Gasteiger partial charge in [-0.25, -0.2) is 0 Å². The van der Waals surface area contributed by atoms with E-state index in [1.165, 1.54) is 12.8 Å². The van der Waals surface area contributed by atoms with Crippen LogP contribution in [0.25, 0.3) is 0 Å². The third kappa shape index (κ3) is 5.21. The Labute approximate surface area is 121 Å². The van der Waals surface area contributed by atoms with E-state index in [1.807, 2.05) is 30.3 Å². The van der Waals surface area contributed by atoms with Gasteiger partial charge >= 0.3 is 0 Å². The number of carbonyl (C=O) groups is 1. The van der Waals surface area contributed by atoms with Crippen LogP contribution in [0.15, 0.2) is 30.3 Å². The van der Waals surface area contributed by atoms with E-state index >= 15 is 0 Å². The average molecular weight is 283 g/mol. The number of hydrogen-bond acceptors (Lipinski definition) is 2. The zero-order valence-corrected chi connectivity index (χ0v) is 12.0. The number of nitrogens with two attached hydrogens (primary N) is 1. The number of carbonyl (C=O) groups excluding carboxylic acids is 1. The highest BCUT2D eigenvalue weighted by atomic mass is 35.5. The standard InChI is InChI=1S/C15H22N2O.ClH/c16-14-9-5-4-8-13(14)10-15(18)17-11-12-6-2-1-3-7-12;/h1-3,6-7,13-14H,4-5,8-11,16H2,(H,17,18);1H. The molecule has 106 valence electrons. The highest BCUT2D eigenvalue weighted by Crippen LogP contribution is 2.25. The van der Waals surface area contributed by atoms with Crippen molar-refractivity contribution in [1.82, 2.24) is 5.32 Å². The summed E-state index contributed by atoms with van der Waals surface area (Å²) in [4.78, 5) is 11.9. The second-order valence-corrected chi connectivity index (χ2v) is 5.17. The highest BCUT2D eigenvalue weighted by molar-refractivity contribution is 5.85. The SMILES string of the molecule is Cl.NC1CCCCC1CC(=O)NCc1ccccc1. The molecular weight excluding hydrogens is 260 g/mol. The molecule has 1 aliphatic carbocycles. The molecule has 0 spiro atoms. The molecule has 2 atom stereocenters. The molecule has 0 radical (unpaired) electrons. The van der Waals surface area contributed by atoms with Crippen molar-refractivity contribution in [3.8, 4) is 0 Å². The van der Waals surface area contributed by atoms with E-state index in [4.69, 9.17) is 5.73 Å². The normalized spacial score (nSPS) is 22.4. The molecule has 0 bridgehead atoms. The lowest BCUT2D eigenvalue weighted by Gasteiger charge is -2.27. The Kier molecular flexibility index (Phi) is 6.89. The van der Waals surface area contributed by atoms with Gasteiger partial charge < -0.3 is 11.1 Å².